The number of nitrogens with two attached hydrogens (primary N) is 1. The van der Waals surface area contributed by atoms with Gasteiger partial charge in [0.05, 0.1) is 12.6 Å². The molecule has 6 heteroatoms. The Morgan fingerprint density at radius 3 is 2.23 bits per heavy atom. The van der Waals surface area contributed by atoms with Crippen LogP contribution in [-0.2, 0) is 13.1 Å². The third kappa shape index (κ3) is 6.39. The minimum atomic E-state index is -0.106. The van der Waals surface area contributed by atoms with Crippen molar-refractivity contribution in [2.45, 2.75) is 51.8 Å². The van der Waals surface area contributed by atoms with Gasteiger partial charge in [0.1, 0.15) is 0 Å². The molecule has 146 valence electrons. The molecule has 2 aliphatic heterocycles. The largest absolute Gasteiger partial charge is 0.393 e. The fourth-order valence-corrected chi connectivity index (χ4v) is 3.60. The van der Waals surface area contributed by atoms with Crippen molar-refractivity contribution in [2.24, 2.45) is 16.6 Å². The predicted molar refractivity (Wildman–Crippen MR) is 118 cm³/mol. The first-order valence-electron chi connectivity index (χ1n) is 9.63. The van der Waals surface area contributed by atoms with Crippen molar-refractivity contribution in [1.82, 2.24) is 9.80 Å². The number of benzene rings is 1. The number of hydrogen-bond donors (Lipinski definition) is 2. The van der Waals surface area contributed by atoms with Gasteiger partial charge in [0.25, 0.3) is 0 Å². The number of likely N-dealkylation sites (tertiary alicyclic amines) is 2. The van der Waals surface area contributed by atoms with Crippen LogP contribution in [0.3, 0.4) is 0 Å². The summed E-state index contributed by atoms with van der Waals surface area (Å²) in [5.41, 5.74) is 8.68. The molecular formula is C20H33IN4O. The Kier molecular flexibility index (Phi) is 8.63. The molecule has 0 amide bonds. The lowest BCUT2D eigenvalue weighted by molar-refractivity contribution is 0.0792. The quantitative estimate of drug-likeness (QED) is 0.402. The van der Waals surface area contributed by atoms with Crippen molar-refractivity contribution in [3.63, 3.8) is 0 Å². The standard InChI is InChI=1S/C20H32N4O.HI/c1-16-6-12-24(13-7-16)20(21)22-14-17-2-4-18(5-3-17)15-23-10-8-19(25)9-11-23;/h2-5,16,19,25H,6-15H2,1H3,(H2,21,22);1H. The lowest BCUT2D eigenvalue weighted by atomic mass is 10.00. The molecule has 0 spiro atoms. The topological polar surface area (TPSA) is 65.1 Å². The van der Waals surface area contributed by atoms with Gasteiger partial charge in [0.2, 0.25) is 0 Å². The summed E-state index contributed by atoms with van der Waals surface area (Å²) in [6, 6.07) is 8.69. The minimum Gasteiger partial charge on any atom is -0.393 e. The third-order valence-corrected chi connectivity index (χ3v) is 5.52. The van der Waals surface area contributed by atoms with Crippen LogP contribution in [0.4, 0.5) is 0 Å². The summed E-state index contributed by atoms with van der Waals surface area (Å²) in [6.45, 7) is 7.94. The van der Waals surface area contributed by atoms with Crippen molar-refractivity contribution in [3.8, 4) is 0 Å². The summed E-state index contributed by atoms with van der Waals surface area (Å²) in [5.74, 6) is 1.49. The van der Waals surface area contributed by atoms with Crippen LogP contribution in [0, 0.1) is 5.92 Å². The van der Waals surface area contributed by atoms with Crippen LogP contribution >= 0.6 is 24.0 Å². The van der Waals surface area contributed by atoms with E-state index in [9.17, 15) is 5.11 Å². The van der Waals surface area contributed by atoms with Crippen molar-refractivity contribution >= 4 is 29.9 Å². The van der Waals surface area contributed by atoms with Crippen LogP contribution in [0.25, 0.3) is 0 Å². The highest BCUT2D eigenvalue weighted by molar-refractivity contribution is 14.0. The first-order chi connectivity index (χ1) is 12.1. The average molecular weight is 472 g/mol. The summed E-state index contributed by atoms with van der Waals surface area (Å²) in [6.07, 6.45) is 4.09. The SMILES string of the molecule is CC1CCN(C(N)=NCc2ccc(CN3CCC(O)CC3)cc2)CC1.I. The molecule has 3 N–H and O–H groups in total. The maximum Gasteiger partial charge on any atom is 0.191 e. The number of nitrogens with zero attached hydrogens (tertiary/aromatic N) is 3. The van der Waals surface area contributed by atoms with Crippen LogP contribution in [0.5, 0.6) is 0 Å². The highest BCUT2D eigenvalue weighted by Gasteiger charge is 2.17. The van der Waals surface area contributed by atoms with Gasteiger partial charge in [-0.3, -0.25) is 4.90 Å². The summed E-state index contributed by atoms with van der Waals surface area (Å²) in [4.78, 5) is 9.20. The van der Waals surface area contributed by atoms with E-state index in [2.05, 4.69) is 46.0 Å². The molecule has 26 heavy (non-hydrogen) atoms. The highest BCUT2D eigenvalue weighted by Crippen LogP contribution is 2.16. The Morgan fingerprint density at radius 2 is 1.62 bits per heavy atom. The molecule has 3 rings (SSSR count). The first kappa shape index (κ1) is 21.4. The molecule has 0 aliphatic carbocycles. The normalized spacial score (nSPS) is 20.8. The molecule has 2 fully saturated rings. The second-order valence-electron chi connectivity index (χ2n) is 7.67. The summed E-state index contributed by atoms with van der Waals surface area (Å²) >= 11 is 0. The Bertz CT molecular complexity index is 562. The molecular weight excluding hydrogens is 439 g/mol. The smallest absolute Gasteiger partial charge is 0.191 e. The van der Waals surface area contributed by atoms with Crippen molar-refractivity contribution < 1.29 is 5.11 Å². The molecule has 0 bridgehead atoms. The van der Waals surface area contributed by atoms with E-state index in [4.69, 9.17) is 5.73 Å². The Labute approximate surface area is 174 Å². The molecule has 0 aromatic heterocycles. The van der Waals surface area contributed by atoms with E-state index < -0.39 is 0 Å². The van der Waals surface area contributed by atoms with Crippen LogP contribution < -0.4 is 5.73 Å². The number of hydrogen-bond acceptors (Lipinski definition) is 3. The number of aliphatic hydroxyl groups excluding tert-OH is 1. The zero-order valence-corrected chi connectivity index (χ0v) is 18.1. The van der Waals surface area contributed by atoms with E-state index in [-0.39, 0.29) is 30.1 Å². The molecule has 1 aromatic rings. The van der Waals surface area contributed by atoms with E-state index in [1.165, 1.54) is 24.0 Å². The number of aliphatic hydroxyl groups is 1. The number of aliphatic imine (C=N–C) groups is 1. The van der Waals surface area contributed by atoms with Gasteiger partial charge in [0.15, 0.2) is 5.96 Å². The monoisotopic (exact) mass is 472 g/mol. The van der Waals surface area contributed by atoms with E-state index in [0.717, 1.165) is 51.5 Å². The molecule has 0 radical (unpaired) electrons. The maximum atomic E-state index is 9.59. The molecule has 2 heterocycles. The fraction of sp³-hybridized carbons (Fsp3) is 0.650. The van der Waals surface area contributed by atoms with Gasteiger partial charge < -0.3 is 15.7 Å². The van der Waals surface area contributed by atoms with E-state index >= 15 is 0 Å². The van der Waals surface area contributed by atoms with Crippen LogP contribution in [0.2, 0.25) is 0 Å². The number of rotatable bonds is 4. The van der Waals surface area contributed by atoms with E-state index in [1.807, 2.05) is 0 Å². The van der Waals surface area contributed by atoms with E-state index in [0.29, 0.717) is 12.5 Å². The number of halogens is 1. The molecule has 2 aliphatic rings. The summed E-state index contributed by atoms with van der Waals surface area (Å²) in [7, 11) is 0. The van der Waals surface area contributed by atoms with Crippen molar-refractivity contribution in [2.75, 3.05) is 26.2 Å². The van der Waals surface area contributed by atoms with Crippen molar-refractivity contribution in [3.05, 3.63) is 35.4 Å². The van der Waals surface area contributed by atoms with Crippen LogP contribution in [0.1, 0.15) is 43.7 Å². The molecule has 0 unspecified atom stereocenters. The summed E-state index contributed by atoms with van der Waals surface area (Å²) < 4.78 is 0. The molecule has 0 saturated carbocycles. The zero-order valence-electron chi connectivity index (χ0n) is 15.8. The number of guanidine groups is 1. The second kappa shape index (κ2) is 10.5. The lowest BCUT2D eigenvalue weighted by Crippen LogP contribution is -2.42. The van der Waals surface area contributed by atoms with Gasteiger partial charge >= 0.3 is 0 Å². The predicted octanol–water partition coefficient (Wildman–Crippen LogP) is 2.81. The van der Waals surface area contributed by atoms with Gasteiger partial charge in [-0.25, -0.2) is 4.99 Å². The zero-order chi connectivity index (χ0) is 17.6. The number of piperidine rings is 2. The van der Waals surface area contributed by atoms with Gasteiger partial charge in [-0.1, -0.05) is 31.2 Å². The average Bonchev–Trinajstić information content (AvgIpc) is 2.63. The first-order valence-corrected chi connectivity index (χ1v) is 9.63. The highest BCUT2D eigenvalue weighted by atomic mass is 127. The molecule has 5 nitrogen and oxygen atoms in total. The summed E-state index contributed by atoms with van der Waals surface area (Å²) in [5, 5.41) is 9.59. The third-order valence-electron chi connectivity index (χ3n) is 5.52. The van der Waals surface area contributed by atoms with Crippen LogP contribution in [-0.4, -0.2) is 53.1 Å². The Hall–Kier alpha value is -0.860. The van der Waals surface area contributed by atoms with E-state index in [1.54, 1.807) is 0 Å². The van der Waals surface area contributed by atoms with Gasteiger partial charge in [0, 0.05) is 32.7 Å². The fourth-order valence-electron chi connectivity index (χ4n) is 3.60. The molecule has 0 atom stereocenters. The minimum absolute atomic E-state index is 0. The molecule has 1 aromatic carbocycles. The van der Waals surface area contributed by atoms with Gasteiger partial charge in [-0.15, -0.1) is 24.0 Å². The molecule has 2 saturated heterocycles. The lowest BCUT2D eigenvalue weighted by Gasteiger charge is -2.31. The Balaban J connectivity index is 0.00000243. The maximum absolute atomic E-state index is 9.59. The van der Waals surface area contributed by atoms with Crippen molar-refractivity contribution in [1.29, 1.82) is 0 Å². The Morgan fingerprint density at radius 1 is 1.04 bits per heavy atom. The second-order valence-corrected chi connectivity index (χ2v) is 7.67. The van der Waals surface area contributed by atoms with Gasteiger partial charge in [-0.05, 0) is 42.7 Å². The van der Waals surface area contributed by atoms with Crippen LogP contribution in [0.15, 0.2) is 29.3 Å². The van der Waals surface area contributed by atoms with Gasteiger partial charge in [-0.2, -0.15) is 0 Å².